The molecule has 4 N–H and O–H groups in total. The number of aryl methyl sites for hydroxylation is 3. The summed E-state index contributed by atoms with van der Waals surface area (Å²) in [5.74, 6) is -5.23. The molecule has 0 atom stereocenters. The molecule has 4 rings (SSSR count). The number of aromatic nitrogens is 1. The summed E-state index contributed by atoms with van der Waals surface area (Å²) in [7, 11) is 2.65. The topological polar surface area (TPSA) is 211 Å². The lowest BCUT2D eigenvalue weighted by Crippen LogP contribution is -2.42. The Morgan fingerprint density at radius 2 is 1.33 bits per heavy atom. The Balaban J connectivity index is 0.000000259. The van der Waals surface area contributed by atoms with E-state index in [9.17, 15) is 39.0 Å². The first-order chi connectivity index (χ1) is 22.3. The van der Waals surface area contributed by atoms with Gasteiger partial charge in [-0.1, -0.05) is 12.1 Å². The zero-order valence-electron chi connectivity index (χ0n) is 27.8. The lowest BCUT2D eigenvalue weighted by atomic mass is 10.1. The number of esters is 4. The molecule has 48 heavy (non-hydrogen) atoms. The number of cyclic esters (lactones) is 2. The van der Waals surface area contributed by atoms with Crippen LogP contribution in [0.15, 0.2) is 64.7 Å². The van der Waals surface area contributed by atoms with Crippen LogP contribution in [0.5, 0.6) is 5.75 Å². The molecular formula is C34H38N2O12. The van der Waals surface area contributed by atoms with Crippen LogP contribution in [0.2, 0.25) is 0 Å². The van der Waals surface area contributed by atoms with Gasteiger partial charge in [0.2, 0.25) is 0 Å². The third-order valence-corrected chi connectivity index (χ3v) is 6.56. The van der Waals surface area contributed by atoms with Crippen LogP contribution in [-0.2, 0) is 33.3 Å². The third kappa shape index (κ3) is 10.0. The number of aromatic hydroxyl groups is 1. The van der Waals surface area contributed by atoms with Crippen LogP contribution in [0.3, 0.4) is 0 Å². The van der Waals surface area contributed by atoms with Crippen LogP contribution in [0.1, 0.15) is 64.7 Å². The number of nitrogens with zero attached hydrogens (tertiary/aromatic N) is 1. The van der Waals surface area contributed by atoms with E-state index in [-0.39, 0.29) is 23.1 Å². The van der Waals surface area contributed by atoms with Crippen molar-refractivity contribution in [2.24, 2.45) is 0 Å². The van der Waals surface area contributed by atoms with Gasteiger partial charge in [0.1, 0.15) is 17.3 Å². The maximum Gasteiger partial charge on any atom is 0.352 e. The van der Waals surface area contributed by atoms with Crippen molar-refractivity contribution in [2.75, 3.05) is 20.0 Å². The Morgan fingerprint density at radius 3 is 1.79 bits per heavy atom. The number of Topliss-reactive ketones (excluding diaryl/α,β-unsaturated/α-hetero) is 1. The molecule has 1 saturated heterocycles. The zero-order valence-corrected chi connectivity index (χ0v) is 27.8. The van der Waals surface area contributed by atoms with E-state index in [4.69, 9.17) is 15.2 Å². The molecule has 256 valence electrons. The third-order valence-electron chi connectivity index (χ3n) is 6.56. The first-order valence-corrected chi connectivity index (χ1v) is 14.3. The maximum absolute atomic E-state index is 12.1. The van der Waals surface area contributed by atoms with Gasteiger partial charge in [0.05, 0.1) is 37.5 Å². The van der Waals surface area contributed by atoms with Gasteiger partial charge in [0.15, 0.2) is 5.57 Å². The SMILES string of the molecule is CC(=O)CC(O)=C1C(=O)OC(C)(C)OC1=O.COC(=O)c1ccc(C)c(-n2c(C)cc(O)cc2=O)c1.COC(=O)c1ccc(C)c(N)c1. The minimum atomic E-state index is -1.35. The number of ketones is 1. The highest BCUT2D eigenvalue weighted by Crippen LogP contribution is 2.25. The summed E-state index contributed by atoms with van der Waals surface area (Å²) in [6, 6.07) is 12.7. The highest BCUT2D eigenvalue weighted by Gasteiger charge is 2.41. The number of aliphatic hydroxyl groups is 1. The van der Waals surface area contributed by atoms with E-state index < -0.39 is 41.4 Å². The number of rotatable bonds is 5. The number of hydrogen-bond acceptors (Lipinski definition) is 13. The highest BCUT2D eigenvalue weighted by molar-refractivity contribution is 6.16. The molecule has 0 spiro atoms. The minimum absolute atomic E-state index is 0.0782. The number of allylic oxidation sites excluding steroid dienone is 1. The summed E-state index contributed by atoms with van der Waals surface area (Å²) in [6.07, 6.45) is -0.403. The fourth-order valence-electron chi connectivity index (χ4n) is 4.19. The molecular weight excluding hydrogens is 628 g/mol. The van der Waals surface area contributed by atoms with Gasteiger partial charge in [0.25, 0.3) is 11.3 Å². The normalized spacial score (nSPS) is 13.0. The van der Waals surface area contributed by atoms with Gasteiger partial charge in [-0.15, -0.1) is 0 Å². The average Bonchev–Trinajstić information content (AvgIpc) is 2.97. The van der Waals surface area contributed by atoms with Gasteiger partial charge in [-0.2, -0.15) is 0 Å². The molecule has 0 radical (unpaired) electrons. The first-order valence-electron chi connectivity index (χ1n) is 14.3. The molecule has 1 aliphatic heterocycles. The molecule has 0 saturated carbocycles. The predicted molar refractivity (Wildman–Crippen MR) is 173 cm³/mol. The number of nitrogens with two attached hydrogens (primary N) is 1. The van der Waals surface area contributed by atoms with Crippen molar-refractivity contribution >= 4 is 35.3 Å². The van der Waals surface area contributed by atoms with E-state index in [2.05, 4.69) is 9.47 Å². The van der Waals surface area contributed by atoms with Crippen molar-refractivity contribution in [1.29, 1.82) is 0 Å². The van der Waals surface area contributed by atoms with E-state index in [0.717, 1.165) is 17.2 Å². The summed E-state index contributed by atoms with van der Waals surface area (Å²) >= 11 is 0. The number of carbonyl (C=O) groups is 5. The molecule has 2 heterocycles. The Morgan fingerprint density at radius 1 is 0.833 bits per heavy atom. The maximum atomic E-state index is 12.1. The Kier molecular flexibility index (Phi) is 12.8. The van der Waals surface area contributed by atoms with E-state index >= 15 is 0 Å². The van der Waals surface area contributed by atoms with Crippen molar-refractivity contribution in [3.63, 3.8) is 0 Å². The number of pyridine rings is 1. The lowest BCUT2D eigenvalue weighted by Gasteiger charge is -2.30. The van der Waals surface area contributed by atoms with Gasteiger partial charge >= 0.3 is 23.9 Å². The van der Waals surface area contributed by atoms with E-state index in [1.54, 1.807) is 43.3 Å². The highest BCUT2D eigenvalue weighted by atomic mass is 16.7. The van der Waals surface area contributed by atoms with E-state index in [0.29, 0.717) is 28.2 Å². The largest absolute Gasteiger partial charge is 0.511 e. The van der Waals surface area contributed by atoms with E-state index in [1.165, 1.54) is 45.6 Å². The molecule has 3 aromatic rings. The lowest BCUT2D eigenvalue weighted by molar-refractivity contribution is -0.222. The average molecular weight is 667 g/mol. The van der Waals surface area contributed by atoms with Gasteiger partial charge in [-0.3, -0.25) is 14.2 Å². The number of hydrogen-bond donors (Lipinski definition) is 3. The van der Waals surface area contributed by atoms with E-state index in [1.807, 2.05) is 13.8 Å². The van der Waals surface area contributed by atoms with Crippen LogP contribution in [0.4, 0.5) is 5.69 Å². The predicted octanol–water partition coefficient (Wildman–Crippen LogP) is 3.92. The van der Waals surface area contributed by atoms with Gasteiger partial charge in [-0.25, -0.2) is 19.2 Å². The number of methoxy groups -OCH3 is 2. The number of ether oxygens (including phenoxy) is 4. The quantitative estimate of drug-likeness (QED) is 0.0881. The second-order valence-corrected chi connectivity index (χ2v) is 11.0. The Labute approximate surface area is 276 Å². The summed E-state index contributed by atoms with van der Waals surface area (Å²) in [5, 5.41) is 18.8. The smallest absolute Gasteiger partial charge is 0.352 e. The molecule has 0 aliphatic carbocycles. The molecule has 0 amide bonds. The van der Waals surface area contributed by atoms with Crippen LogP contribution in [0, 0.1) is 20.8 Å². The van der Waals surface area contributed by atoms with Crippen molar-refractivity contribution < 1.29 is 53.1 Å². The van der Waals surface area contributed by atoms with Crippen LogP contribution >= 0.6 is 0 Å². The summed E-state index contributed by atoms with van der Waals surface area (Å²) < 4.78 is 20.2. The number of anilines is 1. The molecule has 0 bridgehead atoms. The standard InChI is InChI=1S/C15H15NO4.C10H12O6.C9H11NO2/c1-9-4-5-11(15(19)20-3)7-13(9)16-10(2)6-12(17)8-14(16)18;1-5(11)4-6(12)7-8(13)15-10(2,3)16-9(7)14;1-6-3-4-7(5-8(6)10)9(11)12-2/h4-8,17H,1-3H3;12H,4H2,1-3H3;3-5H,10H2,1-2H3. The molecule has 1 fully saturated rings. The summed E-state index contributed by atoms with van der Waals surface area (Å²) in [4.78, 5) is 68.2. The first kappa shape index (κ1) is 38.3. The summed E-state index contributed by atoms with van der Waals surface area (Å²) in [5.41, 5.74) is 9.08. The van der Waals surface area contributed by atoms with Crippen LogP contribution in [-0.4, -0.2) is 64.4 Å². The summed E-state index contributed by atoms with van der Waals surface area (Å²) in [6.45, 7) is 9.44. The Hall–Kier alpha value is -5.92. The second-order valence-electron chi connectivity index (χ2n) is 11.0. The molecule has 14 nitrogen and oxygen atoms in total. The number of carbonyl (C=O) groups excluding carboxylic acids is 5. The van der Waals surface area contributed by atoms with Crippen molar-refractivity contribution in [1.82, 2.24) is 4.57 Å². The molecule has 14 heteroatoms. The Bertz CT molecular complexity index is 1810. The fourth-order valence-corrected chi connectivity index (χ4v) is 4.19. The van der Waals surface area contributed by atoms with Crippen molar-refractivity contribution in [3.05, 3.63) is 98.2 Å². The van der Waals surface area contributed by atoms with Gasteiger partial charge in [-0.05, 0) is 69.2 Å². The number of nitrogen functional groups attached to an aromatic ring is 1. The number of aliphatic hydroxyl groups excluding tert-OH is 1. The van der Waals surface area contributed by atoms with Crippen molar-refractivity contribution in [2.45, 2.75) is 53.8 Å². The monoisotopic (exact) mass is 666 g/mol. The van der Waals surface area contributed by atoms with Gasteiger partial charge < -0.3 is 34.9 Å². The van der Waals surface area contributed by atoms with Crippen LogP contribution in [0.25, 0.3) is 5.69 Å². The molecule has 2 aromatic carbocycles. The minimum Gasteiger partial charge on any atom is -0.511 e. The second kappa shape index (κ2) is 16.1. The zero-order chi connectivity index (χ0) is 36.5. The molecule has 1 aromatic heterocycles. The van der Waals surface area contributed by atoms with Crippen molar-refractivity contribution in [3.8, 4) is 11.4 Å². The molecule has 0 unspecified atom stereocenters. The van der Waals surface area contributed by atoms with Gasteiger partial charge in [0, 0.05) is 31.3 Å². The van der Waals surface area contributed by atoms with Crippen LogP contribution < -0.4 is 11.3 Å². The fraction of sp³-hybridized carbons (Fsp3) is 0.294. The number of benzene rings is 2. The molecule has 1 aliphatic rings.